The smallest absolute Gasteiger partial charge is 0.131 e. The second kappa shape index (κ2) is 4.19. The Kier molecular flexibility index (Phi) is 2.91. The van der Waals surface area contributed by atoms with Crippen LogP contribution in [0, 0.1) is 13.8 Å². The predicted molar refractivity (Wildman–Crippen MR) is 63.4 cm³/mol. The molecule has 3 nitrogen and oxygen atoms in total. The molecule has 1 N–H and O–H groups in total. The number of hydrogen-bond acceptors (Lipinski definition) is 3. The van der Waals surface area contributed by atoms with E-state index in [9.17, 15) is 0 Å². The Morgan fingerprint density at radius 1 is 1.47 bits per heavy atom. The van der Waals surface area contributed by atoms with Crippen molar-refractivity contribution in [1.82, 2.24) is 10.3 Å². The van der Waals surface area contributed by atoms with Gasteiger partial charge in [-0.3, -0.25) is 0 Å². The van der Waals surface area contributed by atoms with Crippen molar-refractivity contribution in [3.8, 4) is 0 Å². The summed E-state index contributed by atoms with van der Waals surface area (Å²) in [6.45, 7) is 9.63. The minimum absolute atomic E-state index is 0.535. The van der Waals surface area contributed by atoms with Gasteiger partial charge in [0.15, 0.2) is 0 Å². The van der Waals surface area contributed by atoms with E-state index in [2.05, 4.69) is 42.0 Å². The van der Waals surface area contributed by atoms with Crippen molar-refractivity contribution >= 4 is 5.82 Å². The topological polar surface area (TPSA) is 28.2 Å². The first-order valence-corrected chi connectivity index (χ1v) is 5.59. The van der Waals surface area contributed by atoms with Crippen LogP contribution in [0.15, 0.2) is 12.3 Å². The Hall–Kier alpha value is -1.09. The van der Waals surface area contributed by atoms with Crippen molar-refractivity contribution < 1.29 is 0 Å². The molecule has 1 unspecified atom stereocenters. The summed E-state index contributed by atoms with van der Waals surface area (Å²) in [6.07, 6.45) is 1.96. The van der Waals surface area contributed by atoms with Gasteiger partial charge >= 0.3 is 0 Å². The molecule has 0 bridgehead atoms. The van der Waals surface area contributed by atoms with Gasteiger partial charge in [-0.1, -0.05) is 6.07 Å². The second-order valence-electron chi connectivity index (χ2n) is 4.40. The number of aryl methyl sites for hydroxylation is 2. The molecule has 0 saturated carbocycles. The van der Waals surface area contributed by atoms with E-state index in [-0.39, 0.29) is 0 Å². The Labute approximate surface area is 91.5 Å². The molecule has 1 atom stereocenters. The lowest BCUT2D eigenvalue weighted by atomic mass is 10.1. The Bertz CT molecular complexity index is 349. The van der Waals surface area contributed by atoms with Gasteiger partial charge in [0, 0.05) is 31.9 Å². The molecule has 0 amide bonds. The molecule has 2 rings (SSSR count). The van der Waals surface area contributed by atoms with E-state index in [0.717, 1.165) is 25.5 Å². The van der Waals surface area contributed by atoms with Crippen molar-refractivity contribution in [1.29, 1.82) is 0 Å². The normalized spacial score (nSPS) is 21.8. The van der Waals surface area contributed by atoms with E-state index in [1.165, 1.54) is 11.1 Å². The van der Waals surface area contributed by atoms with Crippen LogP contribution in [-0.2, 0) is 0 Å². The van der Waals surface area contributed by atoms with E-state index < -0.39 is 0 Å². The summed E-state index contributed by atoms with van der Waals surface area (Å²) in [4.78, 5) is 6.94. The van der Waals surface area contributed by atoms with E-state index in [1.54, 1.807) is 0 Å². The summed E-state index contributed by atoms with van der Waals surface area (Å²) in [5.74, 6) is 1.15. The first kappa shape index (κ1) is 10.4. The van der Waals surface area contributed by atoms with Crippen LogP contribution in [-0.4, -0.2) is 30.7 Å². The molecule has 0 aliphatic carbocycles. The minimum Gasteiger partial charge on any atom is -0.351 e. The Morgan fingerprint density at radius 2 is 2.27 bits per heavy atom. The number of nitrogens with one attached hydrogen (secondary N) is 1. The Morgan fingerprint density at radius 3 is 2.93 bits per heavy atom. The van der Waals surface area contributed by atoms with Crippen molar-refractivity contribution in [3.05, 3.63) is 23.4 Å². The molecule has 1 aromatic heterocycles. The first-order valence-electron chi connectivity index (χ1n) is 5.59. The Balaban J connectivity index is 2.27. The largest absolute Gasteiger partial charge is 0.351 e. The van der Waals surface area contributed by atoms with Crippen LogP contribution >= 0.6 is 0 Å². The van der Waals surface area contributed by atoms with Crippen LogP contribution in [0.25, 0.3) is 0 Å². The van der Waals surface area contributed by atoms with E-state index in [1.807, 2.05) is 6.20 Å². The average Bonchev–Trinajstić information content (AvgIpc) is 2.20. The van der Waals surface area contributed by atoms with Crippen molar-refractivity contribution in [2.45, 2.75) is 26.8 Å². The number of hydrogen-bond donors (Lipinski definition) is 1. The zero-order chi connectivity index (χ0) is 10.8. The standard InChI is InChI=1S/C12H19N3/c1-9-6-10(2)12(14-7-9)15-5-4-13-8-11(15)3/h6-7,11,13H,4-5,8H2,1-3H3. The third-order valence-electron chi connectivity index (χ3n) is 2.96. The number of pyridine rings is 1. The molecule has 1 aromatic rings. The van der Waals surface area contributed by atoms with Crippen molar-refractivity contribution in [2.75, 3.05) is 24.5 Å². The summed E-state index contributed by atoms with van der Waals surface area (Å²) in [5, 5.41) is 3.40. The highest BCUT2D eigenvalue weighted by molar-refractivity contribution is 5.48. The highest BCUT2D eigenvalue weighted by atomic mass is 15.3. The number of nitrogens with zero attached hydrogens (tertiary/aromatic N) is 2. The van der Waals surface area contributed by atoms with Gasteiger partial charge in [-0.25, -0.2) is 4.98 Å². The lowest BCUT2D eigenvalue weighted by Crippen LogP contribution is -2.50. The van der Waals surface area contributed by atoms with Crippen LogP contribution in [0.2, 0.25) is 0 Å². The minimum atomic E-state index is 0.535. The lowest BCUT2D eigenvalue weighted by molar-refractivity contribution is 0.496. The van der Waals surface area contributed by atoms with Gasteiger partial charge in [-0.2, -0.15) is 0 Å². The van der Waals surface area contributed by atoms with Gasteiger partial charge in [0.1, 0.15) is 5.82 Å². The fourth-order valence-corrected chi connectivity index (χ4v) is 2.16. The zero-order valence-corrected chi connectivity index (χ0v) is 9.75. The van der Waals surface area contributed by atoms with E-state index in [4.69, 9.17) is 0 Å². The summed E-state index contributed by atoms with van der Waals surface area (Å²) in [7, 11) is 0. The van der Waals surface area contributed by atoms with Gasteiger partial charge in [0.2, 0.25) is 0 Å². The molecular formula is C12H19N3. The third kappa shape index (κ3) is 2.12. The number of rotatable bonds is 1. The van der Waals surface area contributed by atoms with Crippen molar-refractivity contribution in [2.24, 2.45) is 0 Å². The fraction of sp³-hybridized carbons (Fsp3) is 0.583. The zero-order valence-electron chi connectivity index (χ0n) is 9.75. The number of aromatic nitrogens is 1. The monoisotopic (exact) mass is 205 g/mol. The van der Waals surface area contributed by atoms with Gasteiger partial charge in [0.25, 0.3) is 0 Å². The first-order chi connectivity index (χ1) is 7.18. The summed E-state index contributed by atoms with van der Waals surface area (Å²) >= 11 is 0. The number of piperazine rings is 1. The summed E-state index contributed by atoms with van der Waals surface area (Å²) < 4.78 is 0. The molecule has 15 heavy (non-hydrogen) atoms. The van der Waals surface area contributed by atoms with Gasteiger partial charge < -0.3 is 10.2 Å². The van der Waals surface area contributed by atoms with Crippen LogP contribution in [0.1, 0.15) is 18.1 Å². The molecule has 2 heterocycles. The van der Waals surface area contributed by atoms with Crippen LogP contribution in [0.3, 0.4) is 0 Å². The average molecular weight is 205 g/mol. The molecular weight excluding hydrogens is 186 g/mol. The maximum Gasteiger partial charge on any atom is 0.131 e. The summed E-state index contributed by atoms with van der Waals surface area (Å²) in [6, 6.07) is 2.74. The molecule has 0 aromatic carbocycles. The van der Waals surface area contributed by atoms with Gasteiger partial charge in [0.05, 0.1) is 0 Å². The third-order valence-corrected chi connectivity index (χ3v) is 2.96. The quantitative estimate of drug-likeness (QED) is 0.753. The van der Waals surface area contributed by atoms with Gasteiger partial charge in [-0.15, -0.1) is 0 Å². The van der Waals surface area contributed by atoms with Crippen LogP contribution in [0.4, 0.5) is 5.82 Å². The highest BCUT2D eigenvalue weighted by Crippen LogP contribution is 2.20. The van der Waals surface area contributed by atoms with Crippen molar-refractivity contribution in [3.63, 3.8) is 0 Å². The molecule has 1 fully saturated rings. The van der Waals surface area contributed by atoms with E-state index in [0.29, 0.717) is 6.04 Å². The molecule has 0 radical (unpaired) electrons. The molecule has 82 valence electrons. The highest BCUT2D eigenvalue weighted by Gasteiger charge is 2.20. The molecule has 1 saturated heterocycles. The molecule has 1 aliphatic heterocycles. The second-order valence-corrected chi connectivity index (χ2v) is 4.40. The maximum atomic E-state index is 4.55. The van der Waals surface area contributed by atoms with Crippen LogP contribution in [0.5, 0.6) is 0 Å². The maximum absolute atomic E-state index is 4.55. The fourth-order valence-electron chi connectivity index (χ4n) is 2.16. The lowest BCUT2D eigenvalue weighted by Gasteiger charge is -2.35. The molecule has 0 spiro atoms. The summed E-state index contributed by atoms with van der Waals surface area (Å²) in [5.41, 5.74) is 2.52. The SMILES string of the molecule is Cc1cnc(N2CCNCC2C)c(C)c1. The molecule has 3 heteroatoms. The van der Waals surface area contributed by atoms with Crippen LogP contribution < -0.4 is 10.2 Å². The number of anilines is 1. The van der Waals surface area contributed by atoms with Gasteiger partial charge in [-0.05, 0) is 31.9 Å². The molecule has 1 aliphatic rings. The van der Waals surface area contributed by atoms with E-state index >= 15 is 0 Å². The predicted octanol–water partition coefficient (Wildman–Crippen LogP) is 1.50.